The number of rotatable bonds is 5. The van der Waals surface area contributed by atoms with E-state index >= 15 is 0 Å². The molecule has 0 bridgehead atoms. The zero-order valence-electron chi connectivity index (χ0n) is 14.3. The first kappa shape index (κ1) is 23.6. The highest BCUT2D eigenvalue weighted by Gasteiger charge is 2.15. The van der Waals surface area contributed by atoms with E-state index in [9.17, 15) is 4.79 Å². The Balaban J connectivity index is 0. The molecule has 1 saturated carbocycles. The van der Waals surface area contributed by atoms with Crippen LogP contribution in [0.25, 0.3) is 0 Å². The van der Waals surface area contributed by atoms with Crippen LogP contribution in [-0.4, -0.2) is 46.3 Å². The molecule has 2 nitrogen and oxygen atoms in total. The number of hydrogen-bond acceptors (Lipinski definition) is 2. The molecule has 4 heteroatoms. The van der Waals surface area contributed by atoms with Crippen molar-refractivity contribution in [3.05, 3.63) is 0 Å². The van der Waals surface area contributed by atoms with Crippen molar-refractivity contribution in [3.63, 3.8) is 0 Å². The highest BCUT2D eigenvalue weighted by Crippen LogP contribution is 2.15. The SMILES string of the molecule is C1CCCCC1.CCSC(=O)N(CC(C)C)CC(C)C.[AlH3]. The lowest BCUT2D eigenvalue weighted by atomic mass is 10.0. The summed E-state index contributed by atoms with van der Waals surface area (Å²) >= 11 is 1.41. The van der Waals surface area contributed by atoms with Gasteiger partial charge in [-0.25, -0.2) is 0 Å². The second-order valence-corrected chi connectivity index (χ2v) is 7.73. The van der Waals surface area contributed by atoms with Crippen LogP contribution in [0, 0.1) is 11.8 Å². The molecule has 0 saturated heterocycles. The standard InChI is InChI=1S/C11H23NOS.C6H12.Al.3H/c1-6-14-11(13)12(7-9(2)3)8-10(4)5;1-2-4-6-5-3-1;;;;/h9-10H,6-8H2,1-5H3;1-6H2;;;;. The van der Waals surface area contributed by atoms with Crippen LogP contribution in [0.5, 0.6) is 0 Å². The first-order valence-corrected chi connectivity index (χ1v) is 9.37. The Kier molecular flexibility index (Phi) is 17.2. The van der Waals surface area contributed by atoms with Gasteiger partial charge in [0.15, 0.2) is 17.4 Å². The van der Waals surface area contributed by atoms with E-state index in [-0.39, 0.29) is 22.6 Å². The largest absolute Gasteiger partial charge is 0.333 e. The summed E-state index contributed by atoms with van der Waals surface area (Å²) in [6.45, 7) is 12.4. The Labute approximate surface area is 147 Å². The summed E-state index contributed by atoms with van der Waals surface area (Å²) in [5, 5.41) is 0.231. The molecule has 0 aromatic heterocycles. The molecule has 0 N–H and O–H groups in total. The van der Waals surface area contributed by atoms with E-state index in [4.69, 9.17) is 0 Å². The fourth-order valence-corrected chi connectivity index (χ4v) is 2.96. The number of amides is 1. The third kappa shape index (κ3) is 15.0. The van der Waals surface area contributed by atoms with Crippen LogP contribution < -0.4 is 0 Å². The maximum absolute atomic E-state index is 11.7. The molecule has 21 heavy (non-hydrogen) atoms. The fraction of sp³-hybridized carbons (Fsp3) is 0.941. The van der Waals surface area contributed by atoms with Gasteiger partial charge in [-0.05, 0) is 17.6 Å². The summed E-state index contributed by atoms with van der Waals surface area (Å²) < 4.78 is 0. The van der Waals surface area contributed by atoms with Crippen molar-refractivity contribution in [1.29, 1.82) is 0 Å². The monoisotopic (exact) mass is 331 g/mol. The predicted octanol–water partition coefficient (Wildman–Crippen LogP) is 4.63. The summed E-state index contributed by atoms with van der Waals surface area (Å²) in [5.41, 5.74) is 0. The van der Waals surface area contributed by atoms with Crippen LogP contribution >= 0.6 is 11.8 Å². The van der Waals surface area contributed by atoms with Gasteiger partial charge in [0.25, 0.3) is 5.24 Å². The number of carbonyl (C=O) groups excluding carboxylic acids is 1. The van der Waals surface area contributed by atoms with Crippen LogP contribution in [0.2, 0.25) is 0 Å². The molecule has 1 aliphatic carbocycles. The van der Waals surface area contributed by atoms with Gasteiger partial charge in [-0.15, -0.1) is 0 Å². The molecule has 0 aromatic carbocycles. The predicted molar refractivity (Wildman–Crippen MR) is 102 cm³/mol. The quantitative estimate of drug-likeness (QED) is 0.685. The van der Waals surface area contributed by atoms with Gasteiger partial charge in [-0.1, -0.05) is 84.9 Å². The Bertz CT molecular complexity index is 221. The Morgan fingerprint density at radius 2 is 1.24 bits per heavy atom. The van der Waals surface area contributed by atoms with E-state index in [1.54, 1.807) is 0 Å². The lowest BCUT2D eigenvalue weighted by molar-refractivity contribution is 0.208. The number of nitrogens with zero attached hydrogens (tertiary/aromatic N) is 1. The third-order valence-electron chi connectivity index (χ3n) is 3.20. The molecule has 0 spiro atoms. The third-order valence-corrected chi connectivity index (χ3v) is 3.99. The van der Waals surface area contributed by atoms with Crippen molar-refractivity contribution in [3.8, 4) is 0 Å². The molecular weight excluding hydrogens is 293 g/mol. The molecule has 0 aliphatic heterocycles. The molecule has 0 aromatic rings. The Morgan fingerprint density at radius 3 is 1.48 bits per heavy atom. The van der Waals surface area contributed by atoms with Gasteiger partial charge < -0.3 is 4.90 Å². The molecule has 126 valence electrons. The average molecular weight is 332 g/mol. The van der Waals surface area contributed by atoms with Gasteiger partial charge in [0, 0.05) is 13.1 Å². The lowest BCUT2D eigenvalue weighted by Crippen LogP contribution is -2.34. The Hall–Kier alpha value is 0.352. The summed E-state index contributed by atoms with van der Waals surface area (Å²) in [6.07, 6.45) is 9.00. The van der Waals surface area contributed by atoms with E-state index in [1.165, 1.54) is 50.3 Å². The van der Waals surface area contributed by atoms with Crippen molar-refractivity contribution in [1.82, 2.24) is 4.90 Å². The van der Waals surface area contributed by atoms with Gasteiger partial charge in [0.2, 0.25) is 0 Å². The highest BCUT2D eigenvalue weighted by molar-refractivity contribution is 8.13. The maximum Gasteiger partial charge on any atom is 0.281 e. The van der Waals surface area contributed by atoms with E-state index in [2.05, 4.69) is 27.7 Å². The maximum atomic E-state index is 11.7. The van der Waals surface area contributed by atoms with E-state index < -0.39 is 0 Å². The topological polar surface area (TPSA) is 20.3 Å². The van der Waals surface area contributed by atoms with Crippen LogP contribution in [0.15, 0.2) is 0 Å². The molecule has 1 aliphatic rings. The van der Waals surface area contributed by atoms with Crippen LogP contribution in [0.1, 0.15) is 73.1 Å². The number of thioether (sulfide) groups is 1. The normalized spacial score (nSPS) is 14.2. The smallest absolute Gasteiger partial charge is 0.281 e. The van der Waals surface area contributed by atoms with Gasteiger partial charge in [-0.2, -0.15) is 0 Å². The van der Waals surface area contributed by atoms with Crippen LogP contribution in [-0.2, 0) is 0 Å². The second-order valence-electron chi connectivity index (χ2n) is 6.51. The number of carbonyl (C=O) groups is 1. The summed E-state index contributed by atoms with van der Waals surface area (Å²) in [6, 6.07) is 0. The highest BCUT2D eigenvalue weighted by atomic mass is 32.2. The first-order chi connectivity index (χ1) is 9.47. The molecular formula is C17H38AlNOS. The average Bonchev–Trinajstić information content (AvgIpc) is 2.40. The fourth-order valence-electron chi connectivity index (χ4n) is 2.38. The minimum absolute atomic E-state index is 0. The van der Waals surface area contributed by atoms with Gasteiger partial charge >= 0.3 is 0 Å². The van der Waals surface area contributed by atoms with Crippen molar-refractivity contribution in [2.24, 2.45) is 11.8 Å². The lowest BCUT2D eigenvalue weighted by Gasteiger charge is -2.25. The van der Waals surface area contributed by atoms with Crippen molar-refractivity contribution < 1.29 is 4.79 Å². The zero-order valence-corrected chi connectivity index (χ0v) is 15.1. The summed E-state index contributed by atoms with van der Waals surface area (Å²) in [5.74, 6) is 1.97. The van der Waals surface area contributed by atoms with E-state index in [1.807, 2.05) is 11.8 Å². The van der Waals surface area contributed by atoms with Crippen molar-refractivity contribution in [2.45, 2.75) is 73.1 Å². The van der Waals surface area contributed by atoms with Crippen LogP contribution in [0.4, 0.5) is 4.79 Å². The minimum Gasteiger partial charge on any atom is -0.333 e. The van der Waals surface area contributed by atoms with E-state index in [0.717, 1.165) is 18.8 Å². The molecule has 0 heterocycles. The van der Waals surface area contributed by atoms with Gasteiger partial charge in [0.05, 0.1) is 0 Å². The summed E-state index contributed by atoms with van der Waals surface area (Å²) in [7, 11) is 0. The summed E-state index contributed by atoms with van der Waals surface area (Å²) in [4.78, 5) is 13.7. The van der Waals surface area contributed by atoms with E-state index in [0.29, 0.717) is 11.8 Å². The number of hydrogen-bond donors (Lipinski definition) is 0. The van der Waals surface area contributed by atoms with Gasteiger partial charge in [-0.3, -0.25) is 4.79 Å². The first-order valence-electron chi connectivity index (χ1n) is 8.39. The minimum atomic E-state index is 0. The van der Waals surface area contributed by atoms with Gasteiger partial charge in [0.1, 0.15) is 0 Å². The molecule has 0 atom stereocenters. The zero-order chi connectivity index (χ0) is 15.4. The van der Waals surface area contributed by atoms with Crippen molar-refractivity contribution in [2.75, 3.05) is 18.8 Å². The van der Waals surface area contributed by atoms with Crippen LogP contribution in [0.3, 0.4) is 0 Å². The second kappa shape index (κ2) is 15.3. The molecule has 1 fully saturated rings. The molecule has 1 rings (SSSR count). The Morgan fingerprint density at radius 1 is 0.905 bits per heavy atom. The molecule has 0 radical (unpaired) electrons. The van der Waals surface area contributed by atoms with Crippen molar-refractivity contribution >= 4 is 34.4 Å². The molecule has 1 amide bonds. The molecule has 0 unspecified atom stereocenters.